The van der Waals surface area contributed by atoms with E-state index >= 15 is 0 Å². The average molecular weight is 222 g/mol. The first-order valence-corrected chi connectivity index (χ1v) is 5.57. The summed E-state index contributed by atoms with van der Waals surface area (Å²) in [6, 6.07) is 5.84. The zero-order chi connectivity index (χ0) is 11.5. The summed E-state index contributed by atoms with van der Waals surface area (Å²) in [5, 5.41) is 9.38. The van der Waals surface area contributed by atoms with Crippen LogP contribution in [0.3, 0.4) is 0 Å². The second-order valence-corrected chi connectivity index (χ2v) is 4.23. The summed E-state index contributed by atoms with van der Waals surface area (Å²) in [5.41, 5.74) is 2.53. The smallest absolute Gasteiger partial charge is 0.142 e. The molecule has 1 aliphatic heterocycles. The van der Waals surface area contributed by atoms with Gasteiger partial charge in [-0.25, -0.2) is 10.8 Å². The molecule has 2 rings (SSSR count). The molecule has 0 bridgehead atoms. The third-order valence-corrected chi connectivity index (χ3v) is 3.25. The molecule has 1 saturated heterocycles. The Morgan fingerprint density at radius 3 is 3.12 bits per heavy atom. The van der Waals surface area contributed by atoms with Crippen molar-refractivity contribution in [2.45, 2.75) is 19.4 Å². The molecule has 0 amide bonds. The van der Waals surface area contributed by atoms with Crippen LogP contribution in [0.2, 0.25) is 0 Å². The van der Waals surface area contributed by atoms with Gasteiger partial charge in [-0.1, -0.05) is 13.0 Å². The number of aliphatic hydroxyl groups excluding tert-OH is 1. The summed E-state index contributed by atoms with van der Waals surface area (Å²) in [7, 11) is 0. The Morgan fingerprint density at radius 2 is 2.44 bits per heavy atom. The highest BCUT2D eigenvalue weighted by atomic mass is 16.3. The van der Waals surface area contributed by atoms with E-state index in [9.17, 15) is 5.11 Å². The highest BCUT2D eigenvalue weighted by Crippen LogP contribution is 2.28. The average Bonchev–Trinajstić information content (AvgIpc) is 2.70. The number of hydrazine groups is 1. The summed E-state index contributed by atoms with van der Waals surface area (Å²) < 4.78 is 0. The van der Waals surface area contributed by atoms with Gasteiger partial charge in [0.15, 0.2) is 0 Å². The second-order valence-electron chi connectivity index (χ2n) is 4.23. The molecule has 2 atom stereocenters. The minimum atomic E-state index is 0.167. The molecule has 0 aliphatic carbocycles. The largest absolute Gasteiger partial charge is 0.394 e. The molecule has 0 spiro atoms. The molecule has 0 aromatic carbocycles. The lowest BCUT2D eigenvalue weighted by molar-refractivity contribution is 0.244. The van der Waals surface area contributed by atoms with E-state index in [1.807, 2.05) is 18.2 Å². The van der Waals surface area contributed by atoms with Gasteiger partial charge in [-0.15, -0.1) is 0 Å². The fraction of sp³-hybridized carbons (Fsp3) is 0.545. The Balaban J connectivity index is 2.22. The summed E-state index contributed by atoms with van der Waals surface area (Å²) in [5.74, 6) is 7.35. The van der Waals surface area contributed by atoms with Crippen LogP contribution >= 0.6 is 0 Å². The number of hydrogen-bond acceptors (Lipinski definition) is 5. The minimum Gasteiger partial charge on any atom is -0.394 e. The standard InChI is InChI=1S/C11H18N4O/c1-8-5-6-15(9(8)7-16)11-4-2-3-10(13-11)14-12/h2-4,8-9,16H,5-7,12H2,1H3,(H,13,14). The molecule has 1 aromatic heterocycles. The number of aromatic nitrogens is 1. The molecular weight excluding hydrogens is 204 g/mol. The number of aliphatic hydroxyl groups is 1. The van der Waals surface area contributed by atoms with Crippen molar-refractivity contribution in [2.24, 2.45) is 11.8 Å². The number of hydrogen-bond donors (Lipinski definition) is 3. The van der Waals surface area contributed by atoms with Gasteiger partial charge >= 0.3 is 0 Å². The zero-order valence-corrected chi connectivity index (χ0v) is 9.43. The molecule has 1 fully saturated rings. The molecule has 5 nitrogen and oxygen atoms in total. The van der Waals surface area contributed by atoms with E-state index in [4.69, 9.17) is 5.84 Å². The molecule has 88 valence electrons. The highest BCUT2D eigenvalue weighted by Gasteiger charge is 2.31. The fourth-order valence-electron chi connectivity index (χ4n) is 2.23. The van der Waals surface area contributed by atoms with Crippen molar-refractivity contribution in [3.8, 4) is 0 Å². The Labute approximate surface area is 95.2 Å². The maximum absolute atomic E-state index is 9.38. The summed E-state index contributed by atoms with van der Waals surface area (Å²) in [4.78, 5) is 6.53. The van der Waals surface area contributed by atoms with Gasteiger partial charge in [0.2, 0.25) is 0 Å². The highest BCUT2D eigenvalue weighted by molar-refractivity contribution is 5.48. The van der Waals surface area contributed by atoms with Crippen LogP contribution in [-0.4, -0.2) is 29.3 Å². The number of nitrogens with two attached hydrogens (primary N) is 1. The third-order valence-electron chi connectivity index (χ3n) is 3.25. The summed E-state index contributed by atoms with van der Waals surface area (Å²) in [6.07, 6.45) is 1.09. The van der Waals surface area contributed by atoms with Crippen molar-refractivity contribution in [3.05, 3.63) is 18.2 Å². The van der Waals surface area contributed by atoms with Crippen LogP contribution in [0, 0.1) is 5.92 Å². The number of nitrogens with one attached hydrogen (secondary N) is 1. The predicted octanol–water partition coefficient (Wildman–Crippen LogP) is 0.574. The van der Waals surface area contributed by atoms with Crippen LogP contribution < -0.4 is 16.2 Å². The third kappa shape index (κ3) is 1.96. The zero-order valence-electron chi connectivity index (χ0n) is 9.43. The van der Waals surface area contributed by atoms with Crippen LogP contribution in [0.15, 0.2) is 18.2 Å². The quantitative estimate of drug-likeness (QED) is 0.515. The topological polar surface area (TPSA) is 74.4 Å². The molecule has 1 aromatic rings. The van der Waals surface area contributed by atoms with Crippen molar-refractivity contribution < 1.29 is 5.11 Å². The van der Waals surface area contributed by atoms with Crippen molar-refractivity contribution >= 4 is 11.6 Å². The van der Waals surface area contributed by atoms with E-state index in [1.54, 1.807) is 0 Å². The SMILES string of the molecule is CC1CCN(c2cccc(NN)n2)C1CO. The van der Waals surface area contributed by atoms with Gasteiger partial charge in [0.1, 0.15) is 11.6 Å². The van der Waals surface area contributed by atoms with Gasteiger partial charge in [0.05, 0.1) is 12.6 Å². The number of nitrogen functional groups attached to an aromatic ring is 1. The lowest BCUT2D eigenvalue weighted by Crippen LogP contribution is -2.35. The molecule has 0 radical (unpaired) electrons. The Kier molecular flexibility index (Phi) is 3.26. The van der Waals surface area contributed by atoms with Gasteiger partial charge in [0, 0.05) is 6.54 Å². The first-order chi connectivity index (χ1) is 7.76. The molecule has 2 heterocycles. The Hall–Kier alpha value is -1.33. The first-order valence-electron chi connectivity index (χ1n) is 5.57. The van der Waals surface area contributed by atoms with Crippen LogP contribution in [0.4, 0.5) is 11.6 Å². The molecule has 2 unspecified atom stereocenters. The van der Waals surface area contributed by atoms with E-state index in [0.717, 1.165) is 18.8 Å². The van der Waals surface area contributed by atoms with Gasteiger partial charge in [0.25, 0.3) is 0 Å². The molecule has 0 saturated carbocycles. The van der Waals surface area contributed by atoms with Crippen LogP contribution in [0.25, 0.3) is 0 Å². The van der Waals surface area contributed by atoms with Crippen LogP contribution in [-0.2, 0) is 0 Å². The van der Waals surface area contributed by atoms with Gasteiger partial charge in [-0.05, 0) is 24.5 Å². The number of anilines is 2. The molecule has 5 heteroatoms. The van der Waals surface area contributed by atoms with Crippen molar-refractivity contribution in [3.63, 3.8) is 0 Å². The summed E-state index contributed by atoms with van der Waals surface area (Å²) in [6.45, 7) is 3.27. The first kappa shape index (κ1) is 11.2. The number of nitrogens with zero attached hydrogens (tertiary/aromatic N) is 2. The lowest BCUT2D eigenvalue weighted by atomic mass is 10.0. The predicted molar refractivity (Wildman–Crippen MR) is 64.0 cm³/mol. The Morgan fingerprint density at radius 1 is 1.62 bits per heavy atom. The molecular formula is C11H18N4O. The van der Waals surface area contributed by atoms with E-state index in [2.05, 4.69) is 22.2 Å². The fourth-order valence-corrected chi connectivity index (χ4v) is 2.23. The van der Waals surface area contributed by atoms with E-state index in [-0.39, 0.29) is 12.6 Å². The van der Waals surface area contributed by atoms with Gasteiger partial charge in [-0.3, -0.25) is 0 Å². The van der Waals surface area contributed by atoms with E-state index in [1.165, 1.54) is 0 Å². The minimum absolute atomic E-state index is 0.167. The second kappa shape index (κ2) is 4.67. The Bertz CT molecular complexity index is 358. The summed E-state index contributed by atoms with van der Waals surface area (Å²) >= 11 is 0. The molecule has 16 heavy (non-hydrogen) atoms. The number of pyridine rings is 1. The van der Waals surface area contributed by atoms with E-state index in [0.29, 0.717) is 11.7 Å². The van der Waals surface area contributed by atoms with Crippen LogP contribution in [0.1, 0.15) is 13.3 Å². The normalized spacial score (nSPS) is 24.8. The van der Waals surface area contributed by atoms with E-state index < -0.39 is 0 Å². The monoisotopic (exact) mass is 222 g/mol. The van der Waals surface area contributed by atoms with Gasteiger partial charge < -0.3 is 15.4 Å². The van der Waals surface area contributed by atoms with Crippen molar-refractivity contribution in [1.82, 2.24) is 4.98 Å². The lowest BCUT2D eigenvalue weighted by Gasteiger charge is -2.26. The van der Waals surface area contributed by atoms with Crippen LogP contribution in [0.5, 0.6) is 0 Å². The molecule has 4 N–H and O–H groups in total. The van der Waals surface area contributed by atoms with Gasteiger partial charge in [-0.2, -0.15) is 0 Å². The molecule has 1 aliphatic rings. The maximum atomic E-state index is 9.38. The number of rotatable bonds is 3. The van der Waals surface area contributed by atoms with Crippen molar-refractivity contribution in [1.29, 1.82) is 0 Å². The van der Waals surface area contributed by atoms with Crippen molar-refractivity contribution in [2.75, 3.05) is 23.5 Å². The maximum Gasteiger partial charge on any atom is 0.142 e.